The number of methoxy groups -OCH3 is 1. The summed E-state index contributed by atoms with van der Waals surface area (Å²) in [6, 6.07) is 6.42. The molecule has 0 aliphatic heterocycles. The van der Waals surface area contributed by atoms with Crippen molar-refractivity contribution >= 4 is 23.3 Å². The van der Waals surface area contributed by atoms with E-state index in [2.05, 4.69) is 24.1 Å². The van der Waals surface area contributed by atoms with Crippen molar-refractivity contribution in [2.24, 2.45) is 23.7 Å². The predicted octanol–water partition coefficient (Wildman–Crippen LogP) is 5.06. The molecule has 34 heavy (non-hydrogen) atoms. The first-order valence-corrected chi connectivity index (χ1v) is 12.3. The topological polar surface area (TPSA) is 84.5 Å². The highest BCUT2D eigenvalue weighted by atomic mass is 16.5. The molecule has 2 amide bonds. The van der Waals surface area contributed by atoms with Gasteiger partial charge in [0.1, 0.15) is 11.8 Å². The lowest BCUT2D eigenvalue weighted by molar-refractivity contribution is -0.125. The average molecular weight is 467 g/mol. The Morgan fingerprint density at radius 3 is 2.44 bits per heavy atom. The van der Waals surface area contributed by atoms with Gasteiger partial charge in [0.2, 0.25) is 11.8 Å². The number of amides is 2. The molecule has 0 spiro atoms. The molecule has 0 aromatic heterocycles. The van der Waals surface area contributed by atoms with E-state index in [9.17, 15) is 14.4 Å². The van der Waals surface area contributed by atoms with Gasteiger partial charge in [-0.1, -0.05) is 32.9 Å². The van der Waals surface area contributed by atoms with Gasteiger partial charge in [-0.25, -0.2) is 0 Å². The van der Waals surface area contributed by atoms with Crippen molar-refractivity contribution in [2.75, 3.05) is 12.4 Å². The van der Waals surface area contributed by atoms with Gasteiger partial charge in [-0.05, 0) is 86.1 Å². The van der Waals surface area contributed by atoms with Crippen molar-refractivity contribution in [3.05, 3.63) is 47.6 Å². The van der Waals surface area contributed by atoms with Crippen molar-refractivity contribution in [3.63, 3.8) is 0 Å². The normalized spacial score (nSPS) is 23.2. The van der Waals surface area contributed by atoms with Gasteiger partial charge >= 0.3 is 0 Å². The van der Waals surface area contributed by atoms with Crippen LogP contribution in [0.3, 0.4) is 0 Å². The van der Waals surface area contributed by atoms with E-state index in [-0.39, 0.29) is 35.4 Å². The van der Waals surface area contributed by atoms with Crippen LogP contribution in [0, 0.1) is 23.7 Å². The lowest BCUT2D eigenvalue weighted by Gasteiger charge is -2.23. The Labute approximate surface area is 203 Å². The fourth-order valence-corrected chi connectivity index (χ4v) is 5.16. The maximum absolute atomic E-state index is 13.2. The molecule has 3 rings (SSSR count). The van der Waals surface area contributed by atoms with Crippen LogP contribution in [0.25, 0.3) is 0 Å². The largest absolute Gasteiger partial charge is 0.497 e. The van der Waals surface area contributed by atoms with Gasteiger partial charge < -0.3 is 15.4 Å². The summed E-state index contributed by atoms with van der Waals surface area (Å²) in [7, 11) is 1.59. The highest BCUT2D eigenvalue weighted by Crippen LogP contribution is 2.45. The van der Waals surface area contributed by atoms with Crippen molar-refractivity contribution in [2.45, 2.75) is 65.8 Å². The van der Waals surface area contributed by atoms with Gasteiger partial charge in [-0.3, -0.25) is 14.4 Å². The first kappa shape index (κ1) is 25.7. The number of nitrogens with one attached hydrogen (secondary N) is 2. The van der Waals surface area contributed by atoms with Gasteiger partial charge in [-0.2, -0.15) is 0 Å². The second kappa shape index (κ2) is 11.0. The molecular weight excluding hydrogens is 428 g/mol. The minimum atomic E-state index is -0.669. The van der Waals surface area contributed by atoms with Crippen LogP contribution in [0.1, 0.15) is 59.8 Å². The summed E-state index contributed by atoms with van der Waals surface area (Å²) in [6.45, 7) is 12.3. The van der Waals surface area contributed by atoms with Gasteiger partial charge in [-0.15, -0.1) is 0 Å². The van der Waals surface area contributed by atoms with E-state index >= 15 is 0 Å². The Morgan fingerprint density at radius 1 is 1.15 bits per heavy atom. The molecule has 1 fully saturated rings. The first-order chi connectivity index (χ1) is 16.1. The fourth-order valence-electron chi connectivity index (χ4n) is 5.16. The SMILES string of the molecule is C=C(C(=O)N[C@H](CC(C)C)C(=O)Nc1ccc(OC)cc1)[C@H]1CCC(C)C2CC(=O)C(C)=C2C1. The average Bonchev–Trinajstić information content (AvgIpc) is 2.98. The van der Waals surface area contributed by atoms with E-state index in [0.29, 0.717) is 42.2 Å². The molecule has 2 aliphatic carbocycles. The molecule has 1 aromatic carbocycles. The third-order valence-corrected chi connectivity index (χ3v) is 7.35. The number of rotatable bonds is 8. The molecule has 6 nitrogen and oxygen atoms in total. The van der Waals surface area contributed by atoms with Crippen molar-refractivity contribution in [1.82, 2.24) is 5.32 Å². The van der Waals surface area contributed by atoms with E-state index in [1.807, 2.05) is 20.8 Å². The van der Waals surface area contributed by atoms with Crippen LogP contribution in [0.15, 0.2) is 47.6 Å². The highest BCUT2D eigenvalue weighted by Gasteiger charge is 2.38. The number of hydrogen-bond donors (Lipinski definition) is 2. The second-order valence-corrected chi connectivity index (χ2v) is 10.2. The molecule has 2 aliphatic rings. The summed E-state index contributed by atoms with van der Waals surface area (Å²) in [5.41, 5.74) is 3.21. The number of fused-ring (bicyclic) bond motifs is 1. The lowest BCUT2D eigenvalue weighted by atomic mass is 9.86. The number of carbonyl (C=O) groups excluding carboxylic acids is 3. The standard InChI is InChI=1S/C28H38N2O4/c1-16(2)13-25(28(33)29-21-9-11-22(34-6)12-10-21)30-27(32)18(4)20-8-7-17(3)23-15-26(31)19(5)24(23)14-20/h9-12,16-17,20,23,25H,4,7-8,13-15H2,1-3,5-6H3,(H,29,33)(H,30,32)/t17?,20-,23?,25+/m0/s1. The maximum atomic E-state index is 13.2. The summed E-state index contributed by atoms with van der Waals surface area (Å²) in [5.74, 6) is 1.30. The molecule has 2 N–H and O–H groups in total. The second-order valence-electron chi connectivity index (χ2n) is 10.2. The van der Waals surface area contributed by atoms with E-state index in [0.717, 1.165) is 18.4 Å². The smallest absolute Gasteiger partial charge is 0.247 e. The highest BCUT2D eigenvalue weighted by molar-refractivity contribution is 6.01. The molecular formula is C28H38N2O4. The third kappa shape index (κ3) is 5.96. The fraction of sp³-hybridized carbons (Fsp3) is 0.536. The quantitative estimate of drug-likeness (QED) is 0.524. The number of carbonyl (C=O) groups is 3. The van der Waals surface area contributed by atoms with Gasteiger partial charge in [0.15, 0.2) is 5.78 Å². The van der Waals surface area contributed by atoms with Crippen molar-refractivity contribution in [3.8, 4) is 5.75 Å². The molecule has 2 unspecified atom stereocenters. The number of Topliss-reactive ketones (excluding diaryl/α,β-unsaturated/α-hetero) is 1. The Hall–Kier alpha value is -2.89. The molecule has 0 saturated heterocycles. The van der Waals surface area contributed by atoms with Gasteiger partial charge in [0, 0.05) is 17.7 Å². The first-order valence-electron chi connectivity index (χ1n) is 12.3. The Kier molecular flexibility index (Phi) is 8.34. The Balaban J connectivity index is 1.69. The Morgan fingerprint density at radius 2 is 1.82 bits per heavy atom. The summed E-state index contributed by atoms with van der Waals surface area (Å²) in [5, 5.41) is 5.84. The van der Waals surface area contributed by atoms with Gasteiger partial charge in [0.25, 0.3) is 0 Å². The maximum Gasteiger partial charge on any atom is 0.247 e. The van der Waals surface area contributed by atoms with Gasteiger partial charge in [0.05, 0.1) is 7.11 Å². The third-order valence-electron chi connectivity index (χ3n) is 7.35. The van der Waals surface area contributed by atoms with Crippen LogP contribution in [-0.4, -0.2) is 30.7 Å². The monoisotopic (exact) mass is 466 g/mol. The number of anilines is 1. The van der Waals surface area contributed by atoms with E-state index < -0.39 is 6.04 Å². The number of benzene rings is 1. The molecule has 6 heteroatoms. The van der Waals surface area contributed by atoms with Crippen LogP contribution < -0.4 is 15.4 Å². The molecule has 1 aromatic rings. The number of ether oxygens (including phenoxy) is 1. The minimum absolute atomic E-state index is 0.0207. The van der Waals surface area contributed by atoms with E-state index in [4.69, 9.17) is 4.74 Å². The molecule has 4 atom stereocenters. The van der Waals surface area contributed by atoms with Crippen LogP contribution >= 0.6 is 0 Å². The molecule has 0 heterocycles. The van der Waals surface area contributed by atoms with Crippen LogP contribution in [-0.2, 0) is 14.4 Å². The number of allylic oxidation sites excluding steroid dienone is 2. The number of ketones is 1. The lowest BCUT2D eigenvalue weighted by Crippen LogP contribution is -2.45. The summed E-state index contributed by atoms with van der Waals surface area (Å²) >= 11 is 0. The van der Waals surface area contributed by atoms with E-state index in [1.165, 1.54) is 5.57 Å². The zero-order valence-electron chi connectivity index (χ0n) is 21.1. The molecule has 1 saturated carbocycles. The van der Waals surface area contributed by atoms with E-state index in [1.54, 1.807) is 31.4 Å². The van der Waals surface area contributed by atoms with Crippen LogP contribution in [0.2, 0.25) is 0 Å². The van der Waals surface area contributed by atoms with Crippen LogP contribution in [0.4, 0.5) is 5.69 Å². The summed E-state index contributed by atoms with van der Waals surface area (Å²) < 4.78 is 5.16. The summed E-state index contributed by atoms with van der Waals surface area (Å²) in [6.07, 6.45) is 3.63. The molecule has 0 radical (unpaired) electrons. The zero-order chi connectivity index (χ0) is 25.0. The molecule has 0 bridgehead atoms. The number of hydrogen-bond acceptors (Lipinski definition) is 4. The van der Waals surface area contributed by atoms with Crippen molar-refractivity contribution in [1.29, 1.82) is 0 Å². The molecule has 184 valence electrons. The Bertz CT molecular complexity index is 977. The van der Waals surface area contributed by atoms with Crippen molar-refractivity contribution < 1.29 is 19.1 Å². The minimum Gasteiger partial charge on any atom is -0.497 e. The predicted molar refractivity (Wildman–Crippen MR) is 134 cm³/mol. The summed E-state index contributed by atoms with van der Waals surface area (Å²) in [4.78, 5) is 38.6. The zero-order valence-corrected chi connectivity index (χ0v) is 21.1. The van der Waals surface area contributed by atoms with Crippen LogP contribution in [0.5, 0.6) is 5.75 Å².